The number of hydrogen-bond acceptors (Lipinski definition) is 3. The van der Waals surface area contributed by atoms with Gasteiger partial charge in [-0.1, -0.05) is 42.5 Å². The Morgan fingerprint density at radius 3 is 2.00 bits per heavy atom. The van der Waals surface area contributed by atoms with Gasteiger partial charge < -0.3 is 5.73 Å². The number of nitrogens with zero attached hydrogens (tertiary/aromatic N) is 1. The molecule has 0 unspecified atom stereocenters. The van der Waals surface area contributed by atoms with Gasteiger partial charge in [-0.2, -0.15) is 4.31 Å². The number of carbonyl (C=O) groups is 1. The lowest BCUT2D eigenvalue weighted by Gasteiger charge is -2.29. The van der Waals surface area contributed by atoms with Crippen LogP contribution in [0.15, 0.2) is 59.5 Å². The largest absolute Gasteiger partial charge is 0.369 e. The van der Waals surface area contributed by atoms with E-state index in [1.807, 2.05) is 42.5 Å². The maximum atomic E-state index is 12.7. The molecular weight excluding hydrogens is 324 g/mol. The number of primary amides is 1. The predicted molar refractivity (Wildman–Crippen MR) is 92.6 cm³/mol. The summed E-state index contributed by atoms with van der Waals surface area (Å²) in [4.78, 5) is 11.5. The maximum absolute atomic E-state index is 12.7. The molecule has 0 bridgehead atoms. The summed E-state index contributed by atoms with van der Waals surface area (Å²) in [7, 11) is -3.53. The van der Waals surface area contributed by atoms with Gasteiger partial charge in [0, 0.05) is 19.0 Å². The van der Waals surface area contributed by atoms with E-state index in [9.17, 15) is 13.2 Å². The first-order valence-electron chi connectivity index (χ1n) is 7.93. The van der Waals surface area contributed by atoms with Crippen LogP contribution in [0.1, 0.15) is 12.8 Å². The van der Waals surface area contributed by atoms with E-state index in [1.165, 1.54) is 4.31 Å². The SMILES string of the molecule is NC(=O)C1CCN(S(=O)(=O)c2ccc(-c3ccccc3)cc2)CC1. The van der Waals surface area contributed by atoms with Gasteiger partial charge in [-0.15, -0.1) is 0 Å². The number of nitrogens with two attached hydrogens (primary N) is 1. The van der Waals surface area contributed by atoms with Gasteiger partial charge in [-0.25, -0.2) is 8.42 Å². The summed E-state index contributed by atoms with van der Waals surface area (Å²) in [5.74, 6) is -0.573. The standard InChI is InChI=1S/C18H20N2O3S/c19-18(21)16-10-12-20(13-11-16)24(22,23)17-8-6-15(7-9-17)14-4-2-1-3-5-14/h1-9,16H,10-13H2,(H2,19,21). The molecule has 3 rings (SSSR count). The Morgan fingerprint density at radius 1 is 0.917 bits per heavy atom. The molecule has 1 saturated heterocycles. The lowest BCUT2D eigenvalue weighted by molar-refractivity contribution is -0.122. The van der Waals surface area contributed by atoms with Gasteiger partial charge in [-0.3, -0.25) is 4.79 Å². The third-order valence-corrected chi connectivity index (χ3v) is 6.37. The zero-order valence-corrected chi connectivity index (χ0v) is 14.1. The highest BCUT2D eigenvalue weighted by Gasteiger charge is 2.31. The third kappa shape index (κ3) is 3.34. The lowest BCUT2D eigenvalue weighted by atomic mass is 9.98. The molecule has 0 aliphatic carbocycles. The molecule has 2 aromatic rings. The molecule has 5 nitrogen and oxygen atoms in total. The van der Waals surface area contributed by atoms with Crippen molar-refractivity contribution in [2.24, 2.45) is 11.7 Å². The minimum atomic E-state index is -3.53. The number of hydrogen-bond donors (Lipinski definition) is 1. The number of amides is 1. The number of benzene rings is 2. The van der Waals surface area contributed by atoms with E-state index in [-0.39, 0.29) is 16.7 Å². The zero-order valence-electron chi connectivity index (χ0n) is 13.3. The van der Waals surface area contributed by atoms with Crippen LogP contribution < -0.4 is 5.73 Å². The zero-order chi connectivity index (χ0) is 17.2. The van der Waals surface area contributed by atoms with Crippen LogP contribution in [0.25, 0.3) is 11.1 Å². The molecule has 0 atom stereocenters. The average Bonchev–Trinajstić information content (AvgIpc) is 2.62. The number of carbonyl (C=O) groups excluding carboxylic acids is 1. The van der Waals surface area contributed by atoms with Crippen LogP contribution in [0.2, 0.25) is 0 Å². The van der Waals surface area contributed by atoms with E-state index in [1.54, 1.807) is 12.1 Å². The Morgan fingerprint density at radius 2 is 1.46 bits per heavy atom. The van der Waals surface area contributed by atoms with E-state index in [0.29, 0.717) is 25.9 Å². The molecule has 1 aliphatic heterocycles. The van der Waals surface area contributed by atoms with Gasteiger partial charge in [0.15, 0.2) is 0 Å². The first kappa shape index (κ1) is 16.7. The van der Waals surface area contributed by atoms with Crippen LogP contribution in [0.5, 0.6) is 0 Å². The van der Waals surface area contributed by atoms with Gasteiger partial charge in [-0.05, 0) is 36.1 Å². The fourth-order valence-electron chi connectivity index (χ4n) is 2.98. The number of piperidine rings is 1. The molecular formula is C18H20N2O3S. The van der Waals surface area contributed by atoms with Crippen LogP contribution in [0.3, 0.4) is 0 Å². The van der Waals surface area contributed by atoms with E-state index in [0.717, 1.165) is 11.1 Å². The second-order valence-corrected chi connectivity index (χ2v) is 7.91. The van der Waals surface area contributed by atoms with Crippen molar-refractivity contribution in [1.82, 2.24) is 4.31 Å². The summed E-state index contributed by atoms with van der Waals surface area (Å²) in [6, 6.07) is 16.7. The van der Waals surface area contributed by atoms with Gasteiger partial charge in [0.25, 0.3) is 0 Å². The molecule has 0 saturated carbocycles. The summed E-state index contributed by atoms with van der Waals surface area (Å²) in [5.41, 5.74) is 7.32. The third-order valence-electron chi connectivity index (χ3n) is 4.46. The Bertz CT molecular complexity index is 809. The Labute approximate surface area is 142 Å². The molecule has 2 N–H and O–H groups in total. The van der Waals surface area contributed by atoms with Crippen molar-refractivity contribution < 1.29 is 13.2 Å². The van der Waals surface area contributed by atoms with Crippen LogP contribution in [-0.4, -0.2) is 31.7 Å². The smallest absolute Gasteiger partial charge is 0.243 e. The molecule has 1 heterocycles. The Kier molecular flexibility index (Phi) is 4.69. The highest BCUT2D eigenvalue weighted by atomic mass is 32.2. The predicted octanol–water partition coefficient (Wildman–Crippen LogP) is 2.24. The minimum absolute atomic E-state index is 0.225. The monoisotopic (exact) mass is 344 g/mol. The fraction of sp³-hybridized carbons (Fsp3) is 0.278. The van der Waals surface area contributed by atoms with Crippen LogP contribution in [0, 0.1) is 5.92 Å². The molecule has 126 valence electrons. The summed E-state index contributed by atoms with van der Waals surface area (Å²) in [6.07, 6.45) is 0.966. The van der Waals surface area contributed by atoms with Crippen molar-refractivity contribution in [2.45, 2.75) is 17.7 Å². The van der Waals surface area contributed by atoms with Crippen molar-refractivity contribution >= 4 is 15.9 Å². The van der Waals surface area contributed by atoms with Gasteiger partial charge >= 0.3 is 0 Å². The molecule has 0 radical (unpaired) electrons. The summed E-state index contributed by atoms with van der Waals surface area (Å²) < 4.78 is 26.9. The van der Waals surface area contributed by atoms with Crippen LogP contribution in [0.4, 0.5) is 0 Å². The van der Waals surface area contributed by atoms with Gasteiger partial charge in [0.2, 0.25) is 15.9 Å². The molecule has 1 amide bonds. The summed E-state index contributed by atoms with van der Waals surface area (Å²) >= 11 is 0. The fourth-order valence-corrected chi connectivity index (χ4v) is 4.45. The van der Waals surface area contributed by atoms with Crippen molar-refractivity contribution in [2.75, 3.05) is 13.1 Å². The average molecular weight is 344 g/mol. The molecule has 1 aliphatic rings. The lowest BCUT2D eigenvalue weighted by Crippen LogP contribution is -2.41. The van der Waals surface area contributed by atoms with Crippen LogP contribution in [-0.2, 0) is 14.8 Å². The van der Waals surface area contributed by atoms with Crippen molar-refractivity contribution in [3.05, 3.63) is 54.6 Å². The van der Waals surface area contributed by atoms with E-state index in [2.05, 4.69) is 0 Å². The quantitative estimate of drug-likeness (QED) is 0.923. The van der Waals surface area contributed by atoms with E-state index >= 15 is 0 Å². The number of rotatable bonds is 4. The summed E-state index contributed by atoms with van der Waals surface area (Å²) in [6.45, 7) is 0.659. The molecule has 1 fully saturated rings. The summed E-state index contributed by atoms with van der Waals surface area (Å²) in [5, 5.41) is 0. The Hall–Kier alpha value is -2.18. The van der Waals surface area contributed by atoms with Crippen LogP contribution >= 0.6 is 0 Å². The van der Waals surface area contributed by atoms with E-state index in [4.69, 9.17) is 5.73 Å². The topological polar surface area (TPSA) is 80.5 Å². The maximum Gasteiger partial charge on any atom is 0.243 e. The van der Waals surface area contributed by atoms with Crippen molar-refractivity contribution in [1.29, 1.82) is 0 Å². The first-order valence-corrected chi connectivity index (χ1v) is 9.37. The highest BCUT2D eigenvalue weighted by molar-refractivity contribution is 7.89. The molecule has 2 aromatic carbocycles. The molecule has 0 aromatic heterocycles. The molecule has 24 heavy (non-hydrogen) atoms. The highest BCUT2D eigenvalue weighted by Crippen LogP contribution is 2.26. The first-order chi connectivity index (χ1) is 11.5. The molecule has 6 heteroatoms. The Balaban J connectivity index is 1.77. The van der Waals surface area contributed by atoms with Crippen molar-refractivity contribution in [3.8, 4) is 11.1 Å². The second kappa shape index (κ2) is 6.75. The van der Waals surface area contributed by atoms with E-state index < -0.39 is 10.0 Å². The van der Waals surface area contributed by atoms with Gasteiger partial charge in [0.1, 0.15) is 0 Å². The normalized spacial score (nSPS) is 16.8. The van der Waals surface area contributed by atoms with Gasteiger partial charge in [0.05, 0.1) is 4.90 Å². The molecule has 0 spiro atoms. The minimum Gasteiger partial charge on any atom is -0.369 e. The van der Waals surface area contributed by atoms with Crippen molar-refractivity contribution in [3.63, 3.8) is 0 Å². The second-order valence-electron chi connectivity index (χ2n) is 5.97. The number of sulfonamides is 1.